The number of pyridine rings is 2. The largest absolute Gasteiger partial charge is 0.391 e. The van der Waals surface area contributed by atoms with Crippen LogP contribution in [0.15, 0.2) is 30.6 Å². The Bertz CT molecular complexity index is 1420. The van der Waals surface area contributed by atoms with Crippen LogP contribution < -0.4 is 10.6 Å². The maximum atomic E-state index is 13.2. The van der Waals surface area contributed by atoms with Crippen molar-refractivity contribution in [3.8, 4) is 6.07 Å². The van der Waals surface area contributed by atoms with Crippen molar-refractivity contribution >= 4 is 49.2 Å². The van der Waals surface area contributed by atoms with Gasteiger partial charge in [-0.15, -0.1) is 0 Å². The van der Waals surface area contributed by atoms with E-state index in [-0.39, 0.29) is 43.7 Å². The molecule has 0 aromatic carbocycles. The van der Waals surface area contributed by atoms with Gasteiger partial charge in [-0.05, 0) is 37.8 Å². The summed E-state index contributed by atoms with van der Waals surface area (Å²) in [5.41, 5.74) is 0.782. The number of nitriles is 1. The molecule has 3 fully saturated rings. The van der Waals surface area contributed by atoms with E-state index in [9.17, 15) is 13.5 Å². The number of hydrogen-bond acceptors (Lipinski definition) is 10. The average Bonchev–Trinajstić information content (AvgIpc) is 3.40. The fourth-order valence-electron chi connectivity index (χ4n) is 5.46. The molecule has 3 aliphatic rings. The maximum absolute atomic E-state index is 13.2. The number of nitrogens with zero attached hydrogens (tertiary/aromatic N) is 6. The lowest BCUT2D eigenvalue weighted by atomic mass is 9.99. The number of rotatable bonds is 7. The molecule has 13 heteroatoms. The van der Waals surface area contributed by atoms with Crippen molar-refractivity contribution in [1.29, 1.82) is 5.26 Å². The number of hydrogen-bond donors (Lipinski definition) is 3. The zero-order valence-electron chi connectivity index (χ0n) is 19.4. The quantitative estimate of drug-likeness (QED) is 0.422. The molecule has 6 heterocycles. The van der Waals surface area contributed by atoms with Crippen LogP contribution >= 0.6 is 11.3 Å². The molecule has 0 amide bonds. The minimum Gasteiger partial charge on any atom is -0.391 e. The molecule has 3 N–H and O–H groups in total. The topological polar surface area (TPSA) is 147 Å². The van der Waals surface area contributed by atoms with Gasteiger partial charge < -0.3 is 15.7 Å². The van der Waals surface area contributed by atoms with Crippen molar-refractivity contribution in [2.45, 2.75) is 50.4 Å². The molecule has 0 spiro atoms. The van der Waals surface area contributed by atoms with Crippen molar-refractivity contribution in [3.63, 3.8) is 0 Å². The molecule has 0 saturated carbocycles. The molecule has 3 aromatic heterocycles. The number of aliphatic hydroxyl groups is 1. The normalized spacial score (nSPS) is 24.9. The average molecular weight is 527 g/mol. The molecule has 3 aliphatic heterocycles. The van der Waals surface area contributed by atoms with Crippen molar-refractivity contribution in [2.75, 3.05) is 23.7 Å². The van der Waals surface area contributed by atoms with Gasteiger partial charge >= 0.3 is 0 Å². The van der Waals surface area contributed by atoms with Gasteiger partial charge in [-0.2, -0.15) is 22.3 Å². The first-order valence-electron chi connectivity index (χ1n) is 12.0. The molecule has 0 radical (unpaired) electrons. The summed E-state index contributed by atoms with van der Waals surface area (Å²) in [6, 6.07) is 7.80. The third kappa shape index (κ3) is 4.18. The van der Waals surface area contributed by atoms with Crippen molar-refractivity contribution in [1.82, 2.24) is 23.6 Å². The number of aliphatic hydroxyl groups excluding tert-OH is 1. The number of piperidine rings is 1. The van der Waals surface area contributed by atoms with Crippen LogP contribution in [0.2, 0.25) is 0 Å². The molecule has 3 aromatic rings. The van der Waals surface area contributed by atoms with E-state index < -0.39 is 10.2 Å². The molecular formula is C23H26N8O3S2. The summed E-state index contributed by atoms with van der Waals surface area (Å²) in [7, 11) is -3.55. The SMILES string of the molecule is N#CC1CN(S(=O)(=O)N2[C@@H]3CC[C@H]2C[C@H](Nc2nc(Nc4ncc(CO)s4)cc4ncccc24)C3)C1. The van der Waals surface area contributed by atoms with Crippen LogP contribution in [0, 0.1) is 17.2 Å². The molecule has 0 unspecified atom stereocenters. The first kappa shape index (κ1) is 23.5. The highest BCUT2D eigenvalue weighted by Gasteiger charge is 2.51. The fraction of sp³-hybridized carbons (Fsp3) is 0.478. The summed E-state index contributed by atoms with van der Waals surface area (Å²) in [6.07, 6.45) is 6.43. The number of fused-ring (bicyclic) bond motifs is 3. The summed E-state index contributed by atoms with van der Waals surface area (Å²) in [4.78, 5) is 14.3. The number of anilines is 3. The molecule has 3 saturated heterocycles. The smallest absolute Gasteiger partial charge is 0.282 e. The standard InChI is InChI=1S/C23H26N8O3S2/c24-9-14-11-30(12-14)36(33,34)31-16-3-4-17(31)7-15(6-16)27-22-19-2-1-5-25-20(19)8-21(28-22)29-23-26-10-18(13-32)35-23/h1-2,5,8,10,14-17,32H,3-4,6-7,11-13H2,(H2,26,27,28,29)/t15-,16-,17+. The van der Waals surface area contributed by atoms with Gasteiger partial charge in [0, 0.05) is 55.1 Å². The van der Waals surface area contributed by atoms with Gasteiger partial charge in [0.1, 0.15) is 11.6 Å². The Labute approximate surface area is 213 Å². The predicted octanol–water partition coefficient (Wildman–Crippen LogP) is 2.43. The second-order valence-corrected chi connectivity index (χ2v) is 12.5. The van der Waals surface area contributed by atoms with Crippen LogP contribution in [-0.4, -0.2) is 68.3 Å². The fourth-order valence-corrected chi connectivity index (χ4v) is 8.28. The Balaban J connectivity index is 1.22. The van der Waals surface area contributed by atoms with E-state index in [4.69, 9.17) is 10.2 Å². The lowest BCUT2D eigenvalue weighted by Gasteiger charge is -2.44. The molecular weight excluding hydrogens is 500 g/mol. The van der Waals surface area contributed by atoms with E-state index in [1.165, 1.54) is 15.6 Å². The zero-order chi connectivity index (χ0) is 24.9. The summed E-state index contributed by atoms with van der Waals surface area (Å²) in [6.45, 7) is 0.516. The van der Waals surface area contributed by atoms with Crippen molar-refractivity contribution < 1.29 is 13.5 Å². The Morgan fingerprint density at radius 2 is 2.00 bits per heavy atom. The van der Waals surface area contributed by atoms with Gasteiger partial charge in [0.25, 0.3) is 10.2 Å². The predicted molar refractivity (Wildman–Crippen MR) is 136 cm³/mol. The molecule has 6 rings (SSSR count). The highest BCUT2D eigenvalue weighted by Crippen LogP contribution is 2.41. The highest BCUT2D eigenvalue weighted by atomic mass is 32.2. The van der Waals surface area contributed by atoms with E-state index >= 15 is 0 Å². The highest BCUT2D eigenvalue weighted by molar-refractivity contribution is 7.86. The summed E-state index contributed by atoms with van der Waals surface area (Å²) < 4.78 is 29.6. The monoisotopic (exact) mass is 526 g/mol. The van der Waals surface area contributed by atoms with E-state index in [0.717, 1.165) is 28.6 Å². The summed E-state index contributed by atoms with van der Waals surface area (Å²) in [5.74, 6) is 1.09. The summed E-state index contributed by atoms with van der Waals surface area (Å²) in [5, 5.41) is 26.7. The number of nitrogens with one attached hydrogen (secondary N) is 2. The first-order valence-corrected chi connectivity index (χ1v) is 14.2. The van der Waals surface area contributed by atoms with Crippen LogP contribution in [0.3, 0.4) is 0 Å². The van der Waals surface area contributed by atoms with Gasteiger partial charge in [0.15, 0.2) is 5.13 Å². The Kier molecular flexibility index (Phi) is 6.01. The van der Waals surface area contributed by atoms with Crippen molar-refractivity contribution in [3.05, 3.63) is 35.5 Å². The molecule has 188 valence electrons. The molecule has 11 nitrogen and oxygen atoms in total. The van der Waals surface area contributed by atoms with Crippen LogP contribution in [-0.2, 0) is 16.8 Å². The second-order valence-electron chi connectivity index (χ2n) is 9.52. The Morgan fingerprint density at radius 1 is 1.22 bits per heavy atom. The lowest BCUT2D eigenvalue weighted by Crippen LogP contribution is -2.59. The number of aromatic nitrogens is 3. The minimum atomic E-state index is -3.55. The molecule has 36 heavy (non-hydrogen) atoms. The van der Waals surface area contributed by atoms with Crippen LogP contribution in [0.5, 0.6) is 0 Å². The van der Waals surface area contributed by atoms with E-state index in [1.54, 1.807) is 16.7 Å². The van der Waals surface area contributed by atoms with E-state index in [0.29, 0.717) is 29.6 Å². The van der Waals surface area contributed by atoms with Gasteiger partial charge in [-0.25, -0.2) is 9.97 Å². The third-order valence-corrected chi connectivity index (χ3v) is 10.2. The van der Waals surface area contributed by atoms with Crippen LogP contribution in [0.25, 0.3) is 10.9 Å². The minimum absolute atomic E-state index is 0.0632. The first-order chi connectivity index (χ1) is 17.4. The zero-order valence-corrected chi connectivity index (χ0v) is 21.0. The van der Waals surface area contributed by atoms with Gasteiger partial charge in [-0.3, -0.25) is 4.98 Å². The Morgan fingerprint density at radius 3 is 2.69 bits per heavy atom. The lowest BCUT2D eigenvalue weighted by molar-refractivity contribution is 0.182. The van der Waals surface area contributed by atoms with Crippen LogP contribution in [0.4, 0.5) is 16.8 Å². The Hall–Kier alpha value is -2.89. The van der Waals surface area contributed by atoms with Crippen LogP contribution in [0.1, 0.15) is 30.6 Å². The third-order valence-electron chi connectivity index (χ3n) is 7.17. The molecule has 2 bridgehead atoms. The van der Waals surface area contributed by atoms with Gasteiger partial charge in [0.2, 0.25) is 0 Å². The summed E-state index contributed by atoms with van der Waals surface area (Å²) >= 11 is 1.36. The number of thiazole rings is 1. The van der Waals surface area contributed by atoms with Gasteiger partial charge in [0.05, 0.1) is 29.0 Å². The van der Waals surface area contributed by atoms with E-state index in [1.807, 2.05) is 18.2 Å². The second kappa shape index (κ2) is 9.20. The maximum Gasteiger partial charge on any atom is 0.282 e. The van der Waals surface area contributed by atoms with E-state index in [2.05, 4.69) is 26.7 Å². The van der Waals surface area contributed by atoms with Crippen molar-refractivity contribution in [2.24, 2.45) is 5.92 Å². The van der Waals surface area contributed by atoms with Gasteiger partial charge in [-0.1, -0.05) is 11.3 Å². The molecule has 0 aliphatic carbocycles. The molecule has 3 atom stereocenters.